The molecule has 0 fully saturated rings. The van der Waals surface area contributed by atoms with Crippen molar-refractivity contribution in [2.75, 3.05) is 5.73 Å². The molecule has 20 heavy (non-hydrogen) atoms. The highest BCUT2D eigenvalue weighted by molar-refractivity contribution is 5.99. The first-order valence-electron chi connectivity index (χ1n) is 5.88. The number of anilines is 1. The second kappa shape index (κ2) is 4.30. The average molecular weight is 269 g/mol. The van der Waals surface area contributed by atoms with Crippen LogP contribution < -0.4 is 5.73 Å². The van der Waals surface area contributed by atoms with Crippen LogP contribution >= 0.6 is 0 Å². The first-order chi connectivity index (χ1) is 9.59. The first-order valence-corrected chi connectivity index (χ1v) is 5.88. The van der Waals surface area contributed by atoms with Crippen LogP contribution in [0.1, 0.15) is 15.9 Å². The fourth-order valence-corrected chi connectivity index (χ4v) is 2.28. The minimum Gasteiger partial charge on any atom is -0.478 e. The third-order valence-electron chi connectivity index (χ3n) is 3.22. The summed E-state index contributed by atoms with van der Waals surface area (Å²) < 4.78 is 0. The van der Waals surface area contributed by atoms with E-state index in [1.165, 1.54) is 6.07 Å². The molecule has 0 saturated carbocycles. The van der Waals surface area contributed by atoms with Gasteiger partial charge in [0, 0.05) is 23.0 Å². The van der Waals surface area contributed by atoms with E-state index in [9.17, 15) is 9.90 Å². The molecule has 0 aliphatic rings. The maximum absolute atomic E-state index is 11.2. The van der Waals surface area contributed by atoms with E-state index in [4.69, 9.17) is 5.73 Å². The van der Waals surface area contributed by atoms with Crippen LogP contribution in [0, 0.1) is 6.92 Å². The minimum absolute atomic E-state index is 0.211. The van der Waals surface area contributed by atoms with Gasteiger partial charge in [0.2, 0.25) is 5.65 Å². The van der Waals surface area contributed by atoms with Gasteiger partial charge in [0.25, 0.3) is 0 Å². The molecule has 2 aromatic heterocycles. The van der Waals surface area contributed by atoms with Crippen molar-refractivity contribution in [3.05, 3.63) is 35.5 Å². The Labute approximate surface area is 113 Å². The average Bonchev–Trinajstić information content (AvgIpc) is 2.87. The summed E-state index contributed by atoms with van der Waals surface area (Å²) in [6, 6.07) is 4.82. The molecule has 7 heteroatoms. The van der Waals surface area contributed by atoms with E-state index >= 15 is 0 Å². The summed E-state index contributed by atoms with van der Waals surface area (Å²) in [6.07, 6.45) is 1.59. The highest BCUT2D eigenvalue weighted by Gasteiger charge is 2.17. The summed E-state index contributed by atoms with van der Waals surface area (Å²) in [6.45, 7) is 1.72. The molecule has 7 nitrogen and oxygen atoms in total. The van der Waals surface area contributed by atoms with E-state index in [2.05, 4.69) is 20.4 Å². The van der Waals surface area contributed by atoms with Crippen molar-refractivity contribution in [2.45, 2.75) is 6.92 Å². The molecule has 0 bridgehead atoms. The Morgan fingerprint density at radius 1 is 1.30 bits per heavy atom. The Bertz CT molecular complexity index is 825. The highest BCUT2D eigenvalue weighted by atomic mass is 16.4. The van der Waals surface area contributed by atoms with Gasteiger partial charge in [0.1, 0.15) is 5.52 Å². The fraction of sp³-hybridized carbons (Fsp3) is 0.0769. The molecule has 3 rings (SSSR count). The van der Waals surface area contributed by atoms with Gasteiger partial charge in [-0.15, -0.1) is 5.10 Å². The summed E-state index contributed by atoms with van der Waals surface area (Å²) in [5, 5.41) is 19.7. The molecule has 0 radical (unpaired) electrons. The number of nitrogens with two attached hydrogens (primary N) is 1. The summed E-state index contributed by atoms with van der Waals surface area (Å²) in [5.74, 6) is -0.991. The molecule has 2 heterocycles. The molecule has 100 valence electrons. The topological polar surface area (TPSA) is 118 Å². The molecule has 0 amide bonds. The number of H-pyrrole nitrogens is 1. The summed E-state index contributed by atoms with van der Waals surface area (Å²) in [5.41, 5.74) is 9.68. The Morgan fingerprint density at radius 2 is 2.10 bits per heavy atom. The number of carboxylic acid groups (broad SMARTS) is 1. The number of pyridine rings is 1. The van der Waals surface area contributed by atoms with Crippen LogP contribution in [0.25, 0.3) is 22.3 Å². The largest absolute Gasteiger partial charge is 0.478 e. The predicted molar refractivity (Wildman–Crippen MR) is 73.2 cm³/mol. The molecule has 0 atom stereocenters. The number of carboxylic acids is 1. The van der Waals surface area contributed by atoms with Gasteiger partial charge in [-0.1, -0.05) is 0 Å². The molecule has 0 spiro atoms. The third kappa shape index (κ3) is 1.68. The van der Waals surface area contributed by atoms with Crippen molar-refractivity contribution >= 4 is 22.8 Å². The van der Waals surface area contributed by atoms with E-state index in [0.29, 0.717) is 33.5 Å². The lowest BCUT2D eigenvalue weighted by Crippen LogP contribution is -2.04. The smallest absolute Gasteiger partial charge is 0.335 e. The number of nitrogens with one attached hydrogen (secondary N) is 1. The number of fused-ring (bicyclic) bond motifs is 1. The molecule has 0 aliphatic carbocycles. The van der Waals surface area contributed by atoms with Gasteiger partial charge < -0.3 is 10.8 Å². The van der Waals surface area contributed by atoms with Crippen LogP contribution in [0.5, 0.6) is 0 Å². The zero-order chi connectivity index (χ0) is 14.3. The summed E-state index contributed by atoms with van der Waals surface area (Å²) >= 11 is 0. The Kier molecular flexibility index (Phi) is 2.60. The lowest BCUT2D eigenvalue weighted by molar-refractivity contribution is 0.0696. The molecule has 0 saturated heterocycles. The molecular formula is C13H11N5O2. The monoisotopic (exact) mass is 269 g/mol. The van der Waals surface area contributed by atoms with E-state index in [-0.39, 0.29) is 5.56 Å². The van der Waals surface area contributed by atoms with E-state index < -0.39 is 5.97 Å². The minimum atomic E-state index is -0.991. The third-order valence-corrected chi connectivity index (χ3v) is 3.22. The van der Waals surface area contributed by atoms with Gasteiger partial charge in [-0.2, -0.15) is 10.3 Å². The second-order valence-electron chi connectivity index (χ2n) is 4.36. The first kappa shape index (κ1) is 12.1. The molecule has 0 aliphatic heterocycles. The Hall–Kier alpha value is -2.96. The van der Waals surface area contributed by atoms with Crippen molar-refractivity contribution in [1.29, 1.82) is 0 Å². The van der Waals surface area contributed by atoms with Crippen molar-refractivity contribution in [1.82, 2.24) is 20.4 Å². The van der Waals surface area contributed by atoms with Gasteiger partial charge >= 0.3 is 5.97 Å². The lowest BCUT2D eigenvalue weighted by atomic mass is 9.94. The number of nitrogen functional groups attached to an aromatic ring is 1. The zero-order valence-electron chi connectivity index (χ0n) is 10.6. The fourth-order valence-electron chi connectivity index (χ4n) is 2.28. The number of aromatic nitrogens is 4. The number of benzene rings is 1. The highest BCUT2D eigenvalue weighted by Crippen LogP contribution is 2.34. The quantitative estimate of drug-likeness (QED) is 0.608. The van der Waals surface area contributed by atoms with Crippen molar-refractivity contribution < 1.29 is 9.90 Å². The SMILES string of the molecule is Cc1c(C(=O)O)ccc(N)c1-c1ccnc2n[nH]nc12. The van der Waals surface area contributed by atoms with Gasteiger partial charge in [-0.05, 0) is 30.7 Å². The van der Waals surface area contributed by atoms with Gasteiger partial charge in [-0.3, -0.25) is 0 Å². The van der Waals surface area contributed by atoms with Gasteiger partial charge in [-0.25, -0.2) is 9.78 Å². The van der Waals surface area contributed by atoms with Gasteiger partial charge in [0.15, 0.2) is 0 Å². The number of aromatic amines is 1. The molecular weight excluding hydrogens is 258 g/mol. The van der Waals surface area contributed by atoms with Crippen molar-refractivity contribution in [3.8, 4) is 11.1 Å². The van der Waals surface area contributed by atoms with Crippen LogP contribution in [-0.2, 0) is 0 Å². The maximum atomic E-state index is 11.2. The van der Waals surface area contributed by atoms with E-state index in [1.807, 2.05) is 0 Å². The number of aromatic carboxylic acids is 1. The van der Waals surface area contributed by atoms with Crippen LogP contribution in [0.2, 0.25) is 0 Å². The summed E-state index contributed by atoms with van der Waals surface area (Å²) in [4.78, 5) is 15.3. The zero-order valence-corrected chi connectivity index (χ0v) is 10.6. The summed E-state index contributed by atoms with van der Waals surface area (Å²) in [7, 11) is 0. The van der Waals surface area contributed by atoms with Crippen LogP contribution in [-0.4, -0.2) is 31.5 Å². The molecule has 0 unspecified atom stereocenters. The number of rotatable bonds is 2. The maximum Gasteiger partial charge on any atom is 0.335 e. The predicted octanol–water partition coefficient (Wildman–Crippen LogP) is 1.61. The Balaban J connectivity index is 2.37. The standard InChI is InChI=1S/C13H11N5O2/c1-6-7(13(19)20)2-3-9(14)10(6)8-4-5-15-12-11(8)16-18-17-12/h2-5H,14H2,1H3,(H,19,20)(H,15,16,17,18). The van der Waals surface area contributed by atoms with Crippen LogP contribution in [0.3, 0.4) is 0 Å². The van der Waals surface area contributed by atoms with Crippen molar-refractivity contribution in [3.63, 3.8) is 0 Å². The van der Waals surface area contributed by atoms with Crippen LogP contribution in [0.4, 0.5) is 5.69 Å². The number of carbonyl (C=O) groups is 1. The lowest BCUT2D eigenvalue weighted by Gasteiger charge is -2.12. The molecule has 4 N–H and O–H groups in total. The normalized spacial score (nSPS) is 10.8. The van der Waals surface area contributed by atoms with E-state index in [1.54, 1.807) is 25.3 Å². The number of hydrogen-bond acceptors (Lipinski definition) is 5. The van der Waals surface area contributed by atoms with Crippen molar-refractivity contribution in [2.24, 2.45) is 0 Å². The van der Waals surface area contributed by atoms with Crippen LogP contribution in [0.15, 0.2) is 24.4 Å². The molecule has 3 aromatic rings. The molecule has 1 aromatic carbocycles. The van der Waals surface area contributed by atoms with Gasteiger partial charge in [0.05, 0.1) is 5.56 Å². The second-order valence-corrected chi connectivity index (χ2v) is 4.36. The number of hydrogen-bond donors (Lipinski definition) is 3. The number of nitrogens with zero attached hydrogens (tertiary/aromatic N) is 3. The Morgan fingerprint density at radius 3 is 2.85 bits per heavy atom. The van der Waals surface area contributed by atoms with E-state index in [0.717, 1.165) is 0 Å².